The Morgan fingerprint density at radius 3 is 2.59 bits per heavy atom. The second-order valence-corrected chi connectivity index (χ2v) is 6.05. The Hall–Kier alpha value is -2.54. The van der Waals surface area contributed by atoms with Crippen LogP contribution >= 0.6 is 11.3 Å². The molecule has 0 aliphatic rings. The highest BCUT2D eigenvalue weighted by molar-refractivity contribution is 7.14. The minimum atomic E-state index is -0.935. The molecule has 2 heterocycles. The van der Waals surface area contributed by atoms with Crippen LogP contribution in [0.3, 0.4) is 0 Å². The Balaban J connectivity index is 2.18. The Kier molecular flexibility index (Phi) is 3.72. The lowest BCUT2D eigenvalue weighted by Crippen LogP contribution is -2.04. The fraction of sp³-hybridized carbons (Fsp3) is 0.200. The first-order valence-electron chi connectivity index (χ1n) is 6.72. The normalized spacial score (nSPS) is 10.8. The number of rotatable bonds is 4. The number of aryl methyl sites for hydroxylation is 2. The lowest BCUT2D eigenvalue weighted by atomic mass is 10.1. The Bertz CT molecular complexity index is 804. The Labute approximate surface area is 131 Å². The molecule has 0 aliphatic heterocycles. The quantitative estimate of drug-likeness (QED) is 0.800. The van der Waals surface area contributed by atoms with Gasteiger partial charge in [-0.25, -0.2) is 4.98 Å². The molecular formula is C15H14N4O2S. The number of thiazole rings is 1. The number of carboxylic acids is 1. The molecule has 2 aromatic heterocycles. The summed E-state index contributed by atoms with van der Waals surface area (Å²) >= 11 is 1.51. The van der Waals surface area contributed by atoms with Gasteiger partial charge in [0.2, 0.25) is 5.13 Å². The van der Waals surface area contributed by atoms with Crippen molar-refractivity contribution in [3.05, 3.63) is 46.6 Å². The number of nitrogens with zero attached hydrogens (tertiary/aromatic N) is 4. The van der Waals surface area contributed by atoms with Crippen LogP contribution in [0.4, 0.5) is 0 Å². The number of benzene rings is 1. The van der Waals surface area contributed by atoms with E-state index < -0.39 is 5.97 Å². The third-order valence-electron chi connectivity index (χ3n) is 3.30. The molecule has 0 bridgehead atoms. The van der Waals surface area contributed by atoms with Crippen LogP contribution in [0.25, 0.3) is 16.4 Å². The maximum atomic E-state index is 11.1. The van der Waals surface area contributed by atoms with Crippen molar-refractivity contribution in [3.63, 3.8) is 0 Å². The molecule has 0 spiro atoms. The van der Waals surface area contributed by atoms with E-state index in [1.807, 2.05) is 44.2 Å². The van der Waals surface area contributed by atoms with E-state index in [0.717, 1.165) is 16.1 Å². The van der Waals surface area contributed by atoms with Crippen LogP contribution in [0.2, 0.25) is 0 Å². The highest BCUT2D eigenvalue weighted by atomic mass is 32.1. The van der Waals surface area contributed by atoms with Gasteiger partial charge in [0.1, 0.15) is 11.4 Å². The third-order valence-corrected chi connectivity index (χ3v) is 4.35. The average molecular weight is 314 g/mol. The number of hydrogen-bond acceptors (Lipinski definition) is 5. The van der Waals surface area contributed by atoms with Crippen molar-refractivity contribution in [1.29, 1.82) is 0 Å². The standard InChI is InChI=1S/C15H14N4O2S/c1-9-10(2)22-15(16-9)19-14(11-6-4-3-5-7-11)12(17-18-19)8-13(20)21/h3-7H,8H2,1-2H3,(H,20,21). The van der Waals surface area contributed by atoms with Crippen molar-refractivity contribution in [3.8, 4) is 16.4 Å². The zero-order valence-electron chi connectivity index (χ0n) is 12.1. The summed E-state index contributed by atoms with van der Waals surface area (Å²) < 4.78 is 1.62. The number of carbonyl (C=O) groups is 1. The number of carboxylic acid groups (broad SMARTS) is 1. The molecule has 0 unspecified atom stereocenters. The largest absolute Gasteiger partial charge is 0.481 e. The van der Waals surface area contributed by atoms with Gasteiger partial charge in [-0.05, 0) is 13.8 Å². The molecule has 3 rings (SSSR count). The van der Waals surface area contributed by atoms with E-state index in [9.17, 15) is 4.79 Å². The zero-order chi connectivity index (χ0) is 15.7. The number of aromatic nitrogens is 4. The molecule has 0 atom stereocenters. The van der Waals surface area contributed by atoms with Gasteiger partial charge in [-0.2, -0.15) is 4.68 Å². The maximum absolute atomic E-state index is 11.1. The summed E-state index contributed by atoms with van der Waals surface area (Å²) in [5.41, 5.74) is 2.92. The summed E-state index contributed by atoms with van der Waals surface area (Å²) in [6, 6.07) is 9.53. The number of aliphatic carboxylic acids is 1. The van der Waals surface area contributed by atoms with Crippen LogP contribution in [0.5, 0.6) is 0 Å². The molecule has 0 aliphatic carbocycles. The van der Waals surface area contributed by atoms with Crippen molar-refractivity contribution in [2.75, 3.05) is 0 Å². The lowest BCUT2D eigenvalue weighted by Gasteiger charge is -2.05. The Morgan fingerprint density at radius 2 is 2.00 bits per heavy atom. The summed E-state index contributed by atoms with van der Waals surface area (Å²) in [5.74, 6) is -0.935. The van der Waals surface area contributed by atoms with Crippen LogP contribution in [-0.2, 0) is 11.2 Å². The first-order chi connectivity index (χ1) is 10.6. The van der Waals surface area contributed by atoms with Crippen molar-refractivity contribution in [2.45, 2.75) is 20.3 Å². The molecular weight excluding hydrogens is 300 g/mol. The molecule has 0 saturated carbocycles. The monoisotopic (exact) mass is 314 g/mol. The fourth-order valence-electron chi connectivity index (χ4n) is 2.14. The molecule has 0 amide bonds. The summed E-state index contributed by atoms with van der Waals surface area (Å²) in [6.07, 6.45) is -0.173. The molecule has 22 heavy (non-hydrogen) atoms. The van der Waals surface area contributed by atoms with Crippen LogP contribution in [0.1, 0.15) is 16.3 Å². The molecule has 0 fully saturated rings. The first kappa shape index (κ1) is 14.4. The van der Waals surface area contributed by atoms with Gasteiger partial charge in [-0.1, -0.05) is 46.9 Å². The van der Waals surface area contributed by atoms with E-state index in [-0.39, 0.29) is 6.42 Å². The van der Waals surface area contributed by atoms with Crippen molar-refractivity contribution < 1.29 is 9.90 Å². The highest BCUT2D eigenvalue weighted by Gasteiger charge is 2.20. The SMILES string of the molecule is Cc1nc(-n2nnc(CC(=O)O)c2-c2ccccc2)sc1C. The van der Waals surface area contributed by atoms with E-state index >= 15 is 0 Å². The third kappa shape index (κ3) is 2.62. The van der Waals surface area contributed by atoms with Gasteiger partial charge in [0, 0.05) is 10.4 Å². The van der Waals surface area contributed by atoms with E-state index in [4.69, 9.17) is 5.11 Å². The zero-order valence-corrected chi connectivity index (χ0v) is 13.0. The van der Waals surface area contributed by atoms with Gasteiger partial charge in [-0.15, -0.1) is 5.10 Å². The van der Waals surface area contributed by atoms with Gasteiger partial charge in [0.25, 0.3) is 0 Å². The van der Waals surface area contributed by atoms with Crippen LogP contribution in [0.15, 0.2) is 30.3 Å². The van der Waals surface area contributed by atoms with Gasteiger partial charge >= 0.3 is 5.97 Å². The van der Waals surface area contributed by atoms with E-state index in [1.54, 1.807) is 4.68 Å². The molecule has 6 nitrogen and oxygen atoms in total. The van der Waals surface area contributed by atoms with Crippen molar-refractivity contribution in [1.82, 2.24) is 20.0 Å². The molecule has 3 aromatic rings. The first-order valence-corrected chi connectivity index (χ1v) is 7.54. The summed E-state index contributed by atoms with van der Waals surface area (Å²) in [6.45, 7) is 3.93. The molecule has 0 radical (unpaired) electrons. The van der Waals surface area contributed by atoms with E-state index in [1.165, 1.54) is 11.3 Å². The van der Waals surface area contributed by atoms with Crippen LogP contribution in [-0.4, -0.2) is 31.1 Å². The fourth-order valence-corrected chi connectivity index (χ4v) is 3.00. The summed E-state index contributed by atoms with van der Waals surface area (Å²) in [4.78, 5) is 16.7. The maximum Gasteiger partial charge on any atom is 0.309 e. The number of hydrogen-bond donors (Lipinski definition) is 1. The van der Waals surface area contributed by atoms with E-state index in [0.29, 0.717) is 16.5 Å². The summed E-state index contributed by atoms with van der Waals surface area (Å²) in [7, 11) is 0. The average Bonchev–Trinajstić information content (AvgIpc) is 3.03. The molecule has 1 N–H and O–H groups in total. The lowest BCUT2D eigenvalue weighted by molar-refractivity contribution is -0.136. The summed E-state index contributed by atoms with van der Waals surface area (Å²) in [5, 5.41) is 17.9. The van der Waals surface area contributed by atoms with Crippen molar-refractivity contribution in [2.24, 2.45) is 0 Å². The minimum absolute atomic E-state index is 0.173. The molecule has 7 heteroatoms. The van der Waals surface area contributed by atoms with Crippen molar-refractivity contribution >= 4 is 17.3 Å². The predicted octanol–water partition coefficient (Wildman–Crippen LogP) is 2.63. The van der Waals surface area contributed by atoms with E-state index in [2.05, 4.69) is 15.3 Å². The highest BCUT2D eigenvalue weighted by Crippen LogP contribution is 2.28. The predicted molar refractivity (Wildman–Crippen MR) is 83.3 cm³/mol. The molecule has 1 aromatic carbocycles. The topological polar surface area (TPSA) is 80.9 Å². The van der Waals surface area contributed by atoms with Gasteiger partial charge in [0.05, 0.1) is 12.1 Å². The molecule has 0 saturated heterocycles. The second kappa shape index (κ2) is 5.69. The molecule has 112 valence electrons. The second-order valence-electron chi connectivity index (χ2n) is 4.87. The smallest absolute Gasteiger partial charge is 0.309 e. The minimum Gasteiger partial charge on any atom is -0.481 e. The van der Waals surface area contributed by atoms with Gasteiger partial charge < -0.3 is 5.11 Å². The Morgan fingerprint density at radius 1 is 1.27 bits per heavy atom. The van der Waals surface area contributed by atoms with Crippen LogP contribution in [0, 0.1) is 13.8 Å². The van der Waals surface area contributed by atoms with Crippen LogP contribution < -0.4 is 0 Å². The van der Waals surface area contributed by atoms with Gasteiger partial charge in [-0.3, -0.25) is 4.79 Å². The van der Waals surface area contributed by atoms with Gasteiger partial charge in [0.15, 0.2) is 0 Å².